The zero-order valence-corrected chi connectivity index (χ0v) is 6.48. The van der Waals surface area contributed by atoms with Crippen LogP contribution in [0.4, 0.5) is 5.00 Å². The Bertz CT molecular complexity index is 229. The highest BCUT2D eigenvalue weighted by atomic mass is 32.1. The summed E-state index contributed by atoms with van der Waals surface area (Å²) in [6.45, 7) is 0. The van der Waals surface area contributed by atoms with Gasteiger partial charge in [0.2, 0.25) is 0 Å². The fourth-order valence-corrected chi connectivity index (χ4v) is 1.37. The fourth-order valence-electron chi connectivity index (χ4n) is 0.630. The van der Waals surface area contributed by atoms with Gasteiger partial charge in [-0.3, -0.25) is 0 Å². The number of anilines is 1. The molecule has 4 heteroatoms. The standard InChI is InChI=1S/C6H9N3S/c1-8-6-3-2-5(10-6)4-9-7/h2-4,8H,7H2,1H3. The third kappa shape index (κ3) is 1.48. The minimum atomic E-state index is 1.06. The van der Waals surface area contributed by atoms with Crippen molar-refractivity contribution in [3.8, 4) is 0 Å². The highest BCUT2D eigenvalue weighted by molar-refractivity contribution is 7.17. The highest BCUT2D eigenvalue weighted by Crippen LogP contribution is 2.18. The predicted octanol–water partition coefficient (Wildman–Crippen LogP) is 1.08. The molecule has 10 heavy (non-hydrogen) atoms. The van der Waals surface area contributed by atoms with E-state index >= 15 is 0 Å². The van der Waals surface area contributed by atoms with Gasteiger partial charge in [-0.1, -0.05) is 0 Å². The van der Waals surface area contributed by atoms with Crippen LogP contribution in [-0.4, -0.2) is 13.3 Å². The van der Waals surface area contributed by atoms with Gasteiger partial charge in [-0.15, -0.1) is 11.3 Å². The van der Waals surface area contributed by atoms with Crippen LogP contribution in [0.3, 0.4) is 0 Å². The molecule has 3 nitrogen and oxygen atoms in total. The van der Waals surface area contributed by atoms with Crippen LogP contribution in [0.1, 0.15) is 4.88 Å². The minimum absolute atomic E-state index is 1.06. The van der Waals surface area contributed by atoms with Crippen molar-refractivity contribution < 1.29 is 0 Å². The quantitative estimate of drug-likeness (QED) is 0.381. The van der Waals surface area contributed by atoms with Crippen molar-refractivity contribution in [1.29, 1.82) is 0 Å². The van der Waals surface area contributed by atoms with E-state index in [1.807, 2.05) is 19.2 Å². The normalized spacial score (nSPS) is 10.5. The third-order valence-electron chi connectivity index (χ3n) is 1.07. The van der Waals surface area contributed by atoms with Crippen LogP contribution in [0, 0.1) is 0 Å². The molecule has 0 aromatic carbocycles. The first-order valence-corrected chi connectivity index (χ1v) is 3.69. The maximum atomic E-state index is 4.97. The van der Waals surface area contributed by atoms with Crippen molar-refractivity contribution in [1.82, 2.24) is 0 Å². The predicted molar refractivity (Wildman–Crippen MR) is 45.6 cm³/mol. The molecule has 1 aromatic rings. The number of thiophene rings is 1. The minimum Gasteiger partial charge on any atom is -0.380 e. The van der Waals surface area contributed by atoms with E-state index in [1.54, 1.807) is 17.6 Å². The number of hydrazone groups is 1. The summed E-state index contributed by atoms with van der Waals surface area (Å²) in [5.74, 6) is 4.97. The van der Waals surface area contributed by atoms with Gasteiger partial charge in [-0.25, -0.2) is 0 Å². The summed E-state index contributed by atoms with van der Waals surface area (Å²) < 4.78 is 0. The van der Waals surface area contributed by atoms with E-state index in [2.05, 4.69) is 10.4 Å². The lowest BCUT2D eigenvalue weighted by Crippen LogP contribution is -1.81. The first-order chi connectivity index (χ1) is 4.86. The molecule has 54 valence electrons. The molecule has 1 rings (SSSR count). The molecule has 0 radical (unpaired) electrons. The Morgan fingerprint density at radius 3 is 3.00 bits per heavy atom. The van der Waals surface area contributed by atoms with Crippen LogP contribution < -0.4 is 11.2 Å². The number of hydrogen-bond donors (Lipinski definition) is 2. The number of rotatable bonds is 2. The van der Waals surface area contributed by atoms with Crippen LogP contribution in [0.2, 0.25) is 0 Å². The molecule has 0 bridgehead atoms. The summed E-state index contributed by atoms with van der Waals surface area (Å²) in [7, 11) is 1.88. The van der Waals surface area contributed by atoms with E-state index in [0.29, 0.717) is 0 Å². The molecule has 0 aliphatic carbocycles. The van der Waals surface area contributed by atoms with Crippen molar-refractivity contribution >= 4 is 22.6 Å². The lowest BCUT2D eigenvalue weighted by molar-refractivity contribution is 1.27. The molecular formula is C6H9N3S. The zero-order valence-electron chi connectivity index (χ0n) is 5.66. The summed E-state index contributed by atoms with van der Waals surface area (Å²) >= 11 is 1.62. The lowest BCUT2D eigenvalue weighted by atomic mass is 10.5. The molecule has 0 fully saturated rings. The molecule has 3 N–H and O–H groups in total. The van der Waals surface area contributed by atoms with Gasteiger partial charge in [0.25, 0.3) is 0 Å². The van der Waals surface area contributed by atoms with E-state index in [1.165, 1.54) is 0 Å². The van der Waals surface area contributed by atoms with Crippen molar-refractivity contribution in [2.24, 2.45) is 10.9 Å². The first kappa shape index (κ1) is 7.08. The molecular weight excluding hydrogens is 146 g/mol. The topological polar surface area (TPSA) is 50.4 Å². The number of nitrogens with two attached hydrogens (primary N) is 1. The Morgan fingerprint density at radius 1 is 1.70 bits per heavy atom. The Balaban J connectivity index is 2.78. The SMILES string of the molecule is CNc1ccc(C=NN)s1. The highest BCUT2D eigenvalue weighted by Gasteiger charge is 1.92. The average molecular weight is 155 g/mol. The largest absolute Gasteiger partial charge is 0.380 e. The summed E-state index contributed by atoms with van der Waals surface area (Å²) in [6.07, 6.45) is 1.63. The second kappa shape index (κ2) is 3.22. The van der Waals surface area contributed by atoms with Gasteiger partial charge in [0.05, 0.1) is 11.2 Å². The molecule has 0 saturated heterocycles. The average Bonchev–Trinajstić information content (AvgIpc) is 2.37. The molecule has 0 aliphatic heterocycles. The summed E-state index contributed by atoms with van der Waals surface area (Å²) in [5.41, 5.74) is 0. The number of nitrogens with one attached hydrogen (secondary N) is 1. The van der Waals surface area contributed by atoms with Crippen LogP contribution in [0.25, 0.3) is 0 Å². The van der Waals surface area contributed by atoms with Crippen molar-refractivity contribution in [2.75, 3.05) is 12.4 Å². The van der Waals surface area contributed by atoms with Gasteiger partial charge < -0.3 is 11.2 Å². The van der Waals surface area contributed by atoms with E-state index in [4.69, 9.17) is 5.84 Å². The number of nitrogens with zero attached hydrogens (tertiary/aromatic N) is 1. The smallest absolute Gasteiger partial charge is 0.0886 e. The van der Waals surface area contributed by atoms with E-state index < -0.39 is 0 Å². The summed E-state index contributed by atoms with van der Waals surface area (Å²) in [6, 6.07) is 3.95. The van der Waals surface area contributed by atoms with Gasteiger partial charge in [0, 0.05) is 11.9 Å². The van der Waals surface area contributed by atoms with Crippen LogP contribution in [0.15, 0.2) is 17.2 Å². The molecule has 0 atom stereocenters. The van der Waals surface area contributed by atoms with Gasteiger partial charge >= 0.3 is 0 Å². The van der Waals surface area contributed by atoms with Gasteiger partial charge in [-0.2, -0.15) is 5.10 Å². The Kier molecular flexibility index (Phi) is 2.28. The van der Waals surface area contributed by atoms with Crippen LogP contribution in [-0.2, 0) is 0 Å². The molecule has 0 amide bonds. The maximum absolute atomic E-state index is 4.97. The van der Waals surface area contributed by atoms with E-state index in [0.717, 1.165) is 9.88 Å². The van der Waals surface area contributed by atoms with E-state index in [9.17, 15) is 0 Å². The molecule has 0 aliphatic rings. The maximum Gasteiger partial charge on any atom is 0.0886 e. The zero-order chi connectivity index (χ0) is 7.40. The fraction of sp³-hybridized carbons (Fsp3) is 0.167. The van der Waals surface area contributed by atoms with Crippen LogP contribution in [0.5, 0.6) is 0 Å². The molecule has 0 saturated carbocycles. The number of hydrogen-bond acceptors (Lipinski definition) is 4. The Hall–Kier alpha value is -1.03. The molecule has 1 heterocycles. The van der Waals surface area contributed by atoms with Crippen molar-refractivity contribution in [3.05, 3.63) is 17.0 Å². The Labute approximate surface area is 63.6 Å². The summed E-state index contributed by atoms with van der Waals surface area (Å²) in [4.78, 5) is 1.06. The van der Waals surface area contributed by atoms with Crippen molar-refractivity contribution in [2.45, 2.75) is 0 Å². The summed E-state index contributed by atoms with van der Waals surface area (Å²) in [5, 5.41) is 7.55. The van der Waals surface area contributed by atoms with Gasteiger partial charge in [0.15, 0.2) is 0 Å². The second-order valence-corrected chi connectivity index (χ2v) is 2.85. The van der Waals surface area contributed by atoms with Gasteiger partial charge in [0.1, 0.15) is 0 Å². The van der Waals surface area contributed by atoms with Crippen molar-refractivity contribution in [3.63, 3.8) is 0 Å². The monoisotopic (exact) mass is 155 g/mol. The lowest BCUT2D eigenvalue weighted by Gasteiger charge is -1.87. The second-order valence-electron chi connectivity index (χ2n) is 1.73. The first-order valence-electron chi connectivity index (χ1n) is 2.87. The van der Waals surface area contributed by atoms with E-state index in [-0.39, 0.29) is 0 Å². The van der Waals surface area contributed by atoms with Gasteiger partial charge in [-0.05, 0) is 12.1 Å². The Morgan fingerprint density at radius 2 is 2.50 bits per heavy atom. The van der Waals surface area contributed by atoms with Crippen LogP contribution >= 0.6 is 11.3 Å². The molecule has 0 unspecified atom stereocenters. The molecule has 0 spiro atoms. The third-order valence-corrected chi connectivity index (χ3v) is 2.11. The molecule has 1 aromatic heterocycles.